The SMILES string of the molecule is COCn1ccnc1-c1nc(N2CC[C@@H](NC(=O)c3[nH]c(C)c(Cl)c3Cl)[C@@H](OC)C2)sc1OC(=O)OC. The van der Waals surface area contributed by atoms with Gasteiger partial charge < -0.3 is 38.7 Å². The van der Waals surface area contributed by atoms with Crippen molar-refractivity contribution >= 4 is 51.7 Å². The van der Waals surface area contributed by atoms with Crippen molar-refractivity contribution in [1.82, 2.24) is 24.8 Å². The highest BCUT2D eigenvalue weighted by Gasteiger charge is 2.34. The molecule has 0 aliphatic carbocycles. The van der Waals surface area contributed by atoms with Crippen LogP contribution >= 0.6 is 34.5 Å². The van der Waals surface area contributed by atoms with E-state index in [1.807, 2.05) is 4.90 Å². The Labute approximate surface area is 226 Å². The van der Waals surface area contributed by atoms with Crippen LogP contribution in [-0.4, -0.2) is 78.1 Å². The number of hydrogen-bond acceptors (Lipinski definition) is 10. The van der Waals surface area contributed by atoms with Gasteiger partial charge in [-0.15, -0.1) is 0 Å². The lowest BCUT2D eigenvalue weighted by Gasteiger charge is -2.37. The van der Waals surface area contributed by atoms with Gasteiger partial charge in [-0.1, -0.05) is 34.5 Å². The number of amides is 1. The molecule has 2 N–H and O–H groups in total. The van der Waals surface area contributed by atoms with Gasteiger partial charge in [0, 0.05) is 45.4 Å². The van der Waals surface area contributed by atoms with Crippen LogP contribution in [0.2, 0.25) is 10.0 Å². The first kappa shape index (κ1) is 27.2. The summed E-state index contributed by atoms with van der Waals surface area (Å²) in [6.45, 7) is 2.97. The van der Waals surface area contributed by atoms with Gasteiger partial charge in [-0.05, 0) is 13.3 Å². The Bertz CT molecular complexity index is 1280. The molecule has 12 nitrogen and oxygen atoms in total. The fourth-order valence-electron chi connectivity index (χ4n) is 3.99. The van der Waals surface area contributed by atoms with Crippen molar-refractivity contribution in [2.75, 3.05) is 39.3 Å². The van der Waals surface area contributed by atoms with Gasteiger partial charge in [-0.25, -0.2) is 14.8 Å². The van der Waals surface area contributed by atoms with E-state index in [-0.39, 0.29) is 40.6 Å². The van der Waals surface area contributed by atoms with Crippen molar-refractivity contribution in [2.24, 2.45) is 0 Å². The zero-order chi connectivity index (χ0) is 26.7. The van der Waals surface area contributed by atoms with E-state index in [0.29, 0.717) is 46.9 Å². The molecule has 1 amide bonds. The molecule has 1 fully saturated rings. The number of piperidine rings is 1. The number of H-pyrrole nitrogens is 1. The van der Waals surface area contributed by atoms with Crippen LogP contribution in [0.25, 0.3) is 11.5 Å². The molecule has 1 aliphatic heterocycles. The fourth-order valence-corrected chi connectivity index (χ4v) is 5.35. The molecule has 0 spiro atoms. The summed E-state index contributed by atoms with van der Waals surface area (Å²) in [5, 5.41) is 4.33. The van der Waals surface area contributed by atoms with Crippen molar-refractivity contribution in [2.45, 2.75) is 32.2 Å². The maximum atomic E-state index is 12.9. The van der Waals surface area contributed by atoms with Gasteiger partial charge in [0.2, 0.25) is 5.06 Å². The van der Waals surface area contributed by atoms with E-state index in [1.165, 1.54) is 18.4 Å². The van der Waals surface area contributed by atoms with Crippen LogP contribution in [0, 0.1) is 6.92 Å². The molecule has 0 unspecified atom stereocenters. The Morgan fingerprint density at radius 1 is 1.27 bits per heavy atom. The monoisotopic (exact) mass is 572 g/mol. The van der Waals surface area contributed by atoms with E-state index in [4.69, 9.17) is 42.4 Å². The highest BCUT2D eigenvalue weighted by atomic mass is 35.5. The second-order valence-electron chi connectivity index (χ2n) is 8.17. The number of thiazole rings is 1. The maximum absolute atomic E-state index is 12.9. The van der Waals surface area contributed by atoms with Crippen LogP contribution in [0.5, 0.6) is 5.06 Å². The summed E-state index contributed by atoms with van der Waals surface area (Å²) < 4.78 is 22.7. The molecule has 15 heteroatoms. The minimum absolute atomic E-state index is 0.184. The number of anilines is 1. The van der Waals surface area contributed by atoms with E-state index in [1.54, 1.807) is 38.1 Å². The van der Waals surface area contributed by atoms with Crippen molar-refractivity contribution in [3.8, 4) is 16.6 Å². The van der Waals surface area contributed by atoms with Crippen LogP contribution in [0.3, 0.4) is 0 Å². The van der Waals surface area contributed by atoms with Gasteiger partial charge >= 0.3 is 6.16 Å². The standard InChI is InChI=1S/C22H26Cl2N6O6S/c1-11-14(23)15(24)16(26-11)19(31)27-12-5-7-29(9-13(12)34-3)21-28-17(20(37-21)36-22(32)35-4)18-25-6-8-30(18)10-33-2/h6,8,12-13,26H,5,7,9-10H2,1-4H3,(H,27,31)/t12-,13+/m1/s1. The summed E-state index contributed by atoms with van der Waals surface area (Å²) in [6, 6.07) is -0.280. The van der Waals surface area contributed by atoms with Gasteiger partial charge in [-0.3, -0.25) is 4.79 Å². The van der Waals surface area contributed by atoms with Crippen LogP contribution in [0.4, 0.5) is 9.93 Å². The van der Waals surface area contributed by atoms with E-state index < -0.39 is 6.16 Å². The summed E-state index contributed by atoms with van der Waals surface area (Å²) in [5.41, 5.74) is 1.21. The smallest absolute Gasteiger partial charge is 0.437 e. The summed E-state index contributed by atoms with van der Waals surface area (Å²) in [6.07, 6.45) is 2.69. The molecule has 2 atom stereocenters. The van der Waals surface area contributed by atoms with Crippen molar-refractivity contribution in [3.05, 3.63) is 33.8 Å². The Morgan fingerprint density at radius 2 is 2.05 bits per heavy atom. The Hall–Kier alpha value is -2.84. The van der Waals surface area contributed by atoms with Crippen LogP contribution in [0.1, 0.15) is 22.6 Å². The number of aryl methyl sites for hydroxylation is 1. The van der Waals surface area contributed by atoms with Crippen molar-refractivity contribution in [3.63, 3.8) is 0 Å². The molecule has 37 heavy (non-hydrogen) atoms. The first-order valence-corrected chi connectivity index (χ1v) is 12.7. The number of nitrogens with zero attached hydrogens (tertiary/aromatic N) is 4. The lowest BCUT2D eigenvalue weighted by molar-refractivity contribution is 0.0540. The van der Waals surface area contributed by atoms with E-state index in [2.05, 4.69) is 20.0 Å². The molecule has 0 radical (unpaired) electrons. The summed E-state index contributed by atoms with van der Waals surface area (Å²) >= 11 is 13.5. The lowest BCUT2D eigenvalue weighted by atomic mass is 10.0. The average Bonchev–Trinajstić information content (AvgIpc) is 3.59. The van der Waals surface area contributed by atoms with Crippen LogP contribution < -0.4 is 15.0 Å². The summed E-state index contributed by atoms with van der Waals surface area (Å²) in [4.78, 5) is 38.8. The molecule has 1 saturated heterocycles. The predicted octanol–water partition coefficient (Wildman–Crippen LogP) is 3.72. The summed E-state index contributed by atoms with van der Waals surface area (Å²) in [7, 11) is 4.37. The molecule has 3 aromatic rings. The number of ether oxygens (including phenoxy) is 4. The average molecular weight is 573 g/mol. The number of methoxy groups -OCH3 is 3. The summed E-state index contributed by atoms with van der Waals surface area (Å²) in [5.74, 6) is 0.112. The zero-order valence-corrected chi connectivity index (χ0v) is 22.9. The number of carbonyl (C=O) groups is 2. The maximum Gasteiger partial charge on any atom is 0.514 e. The number of aromatic nitrogens is 4. The second-order valence-corrected chi connectivity index (χ2v) is 9.86. The normalized spacial score (nSPS) is 17.6. The van der Waals surface area contributed by atoms with Crippen LogP contribution in [-0.2, 0) is 20.9 Å². The molecule has 4 rings (SSSR count). The first-order chi connectivity index (χ1) is 17.8. The zero-order valence-electron chi connectivity index (χ0n) is 20.5. The molecular formula is C22H26Cl2N6O6S. The van der Waals surface area contributed by atoms with Gasteiger partial charge in [-0.2, -0.15) is 0 Å². The van der Waals surface area contributed by atoms with E-state index in [9.17, 15) is 9.59 Å². The number of imidazole rings is 1. The quantitative estimate of drug-likeness (QED) is 0.387. The molecule has 0 aromatic carbocycles. The molecule has 3 aromatic heterocycles. The number of hydrogen-bond donors (Lipinski definition) is 2. The number of carbonyl (C=O) groups excluding carboxylic acids is 2. The number of halogens is 2. The number of rotatable bonds is 8. The van der Waals surface area contributed by atoms with E-state index in [0.717, 1.165) is 0 Å². The van der Waals surface area contributed by atoms with Gasteiger partial charge in [0.1, 0.15) is 12.4 Å². The Morgan fingerprint density at radius 3 is 2.70 bits per heavy atom. The largest absolute Gasteiger partial charge is 0.514 e. The van der Waals surface area contributed by atoms with Gasteiger partial charge in [0.15, 0.2) is 16.6 Å². The molecule has 200 valence electrons. The minimum atomic E-state index is -0.865. The number of aromatic amines is 1. The Kier molecular flexibility index (Phi) is 8.60. The molecule has 0 saturated carbocycles. The van der Waals surface area contributed by atoms with Crippen LogP contribution in [0.15, 0.2) is 12.4 Å². The number of nitrogens with one attached hydrogen (secondary N) is 2. The molecular weight excluding hydrogens is 547 g/mol. The Balaban J connectivity index is 1.54. The van der Waals surface area contributed by atoms with Gasteiger partial charge in [0.25, 0.3) is 5.91 Å². The first-order valence-electron chi connectivity index (χ1n) is 11.2. The third-order valence-electron chi connectivity index (χ3n) is 5.85. The van der Waals surface area contributed by atoms with E-state index >= 15 is 0 Å². The fraction of sp³-hybridized carbons (Fsp3) is 0.455. The second kappa shape index (κ2) is 11.7. The van der Waals surface area contributed by atoms with Crippen molar-refractivity contribution < 1.29 is 28.5 Å². The molecule has 1 aliphatic rings. The molecule has 4 heterocycles. The van der Waals surface area contributed by atoms with Crippen molar-refractivity contribution in [1.29, 1.82) is 0 Å². The minimum Gasteiger partial charge on any atom is -0.437 e. The topological polar surface area (TPSA) is 133 Å². The lowest BCUT2D eigenvalue weighted by Crippen LogP contribution is -2.55. The third-order valence-corrected chi connectivity index (χ3v) is 7.79. The highest BCUT2D eigenvalue weighted by molar-refractivity contribution is 7.18. The van der Waals surface area contributed by atoms with Gasteiger partial charge in [0.05, 0.1) is 29.3 Å². The third kappa shape index (κ3) is 5.70. The highest BCUT2D eigenvalue weighted by Crippen LogP contribution is 2.40. The predicted molar refractivity (Wildman–Crippen MR) is 138 cm³/mol. The molecule has 0 bridgehead atoms.